The van der Waals surface area contributed by atoms with Gasteiger partial charge in [-0.3, -0.25) is 0 Å². The van der Waals surface area contributed by atoms with Crippen LogP contribution in [0.3, 0.4) is 0 Å². The van der Waals surface area contributed by atoms with Gasteiger partial charge in [-0.25, -0.2) is 9.48 Å². The lowest BCUT2D eigenvalue weighted by atomic mass is 10.0. The van der Waals surface area contributed by atoms with Gasteiger partial charge in [-0.05, 0) is 26.3 Å². The summed E-state index contributed by atoms with van der Waals surface area (Å²) in [6.07, 6.45) is 3.43. The molecule has 1 aromatic rings. The molecule has 82 valence electrons. The third-order valence-corrected chi connectivity index (χ3v) is 2.70. The first-order chi connectivity index (χ1) is 7.16. The van der Waals surface area contributed by atoms with Gasteiger partial charge < -0.3 is 10.4 Å². The van der Waals surface area contributed by atoms with Crippen molar-refractivity contribution < 1.29 is 9.90 Å². The predicted molar refractivity (Wildman–Crippen MR) is 52.7 cm³/mol. The number of aromatic nitrogens is 3. The summed E-state index contributed by atoms with van der Waals surface area (Å²) >= 11 is 0. The Bertz CT molecular complexity index is 363. The summed E-state index contributed by atoms with van der Waals surface area (Å²) in [4.78, 5) is 10.6. The highest BCUT2D eigenvalue weighted by Gasteiger charge is 2.21. The van der Waals surface area contributed by atoms with E-state index in [2.05, 4.69) is 22.6 Å². The largest absolute Gasteiger partial charge is 0.476 e. The molecule has 0 aromatic carbocycles. The standard InChI is InChI=1S/C9H14N4O2/c1-6-4-7(2-3-10-6)13-5-8(9(14)15)11-12-13/h5-7,10H,2-4H2,1H3,(H,14,15)/t6-,7+/m0/s1. The lowest BCUT2D eigenvalue weighted by Crippen LogP contribution is -2.36. The molecule has 1 aliphatic rings. The third kappa shape index (κ3) is 2.15. The topological polar surface area (TPSA) is 80.0 Å². The van der Waals surface area contributed by atoms with E-state index in [1.807, 2.05) is 0 Å². The van der Waals surface area contributed by atoms with Crippen LogP contribution in [0.1, 0.15) is 36.3 Å². The molecule has 0 spiro atoms. The smallest absolute Gasteiger partial charge is 0.358 e. The first-order valence-corrected chi connectivity index (χ1v) is 5.05. The molecule has 0 saturated carbocycles. The number of aromatic carboxylic acids is 1. The molecule has 0 aliphatic carbocycles. The molecule has 1 saturated heterocycles. The van der Waals surface area contributed by atoms with Crippen molar-refractivity contribution in [2.45, 2.75) is 31.8 Å². The molecular formula is C9H14N4O2. The number of hydrogen-bond acceptors (Lipinski definition) is 4. The second kappa shape index (κ2) is 3.98. The molecule has 6 nitrogen and oxygen atoms in total. The van der Waals surface area contributed by atoms with Crippen molar-refractivity contribution in [1.29, 1.82) is 0 Å². The number of carbonyl (C=O) groups is 1. The Kier molecular flexibility index (Phi) is 2.68. The lowest BCUT2D eigenvalue weighted by molar-refractivity contribution is 0.0690. The van der Waals surface area contributed by atoms with Crippen LogP contribution < -0.4 is 5.32 Å². The van der Waals surface area contributed by atoms with Crippen LogP contribution in [0, 0.1) is 0 Å². The van der Waals surface area contributed by atoms with Crippen LogP contribution in [0.2, 0.25) is 0 Å². The number of carboxylic acid groups (broad SMARTS) is 1. The van der Waals surface area contributed by atoms with Crippen LogP contribution in [0.25, 0.3) is 0 Å². The average molecular weight is 210 g/mol. The minimum Gasteiger partial charge on any atom is -0.476 e. The van der Waals surface area contributed by atoms with E-state index in [4.69, 9.17) is 5.11 Å². The highest BCUT2D eigenvalue weighted by molar-refractivity contribution is 5.84. The monoisotopic (exact) mass is 210 g/mol. The summed E-state index contributed by atoms with van der Waals surface area (Å²) in [5, 5.41) is 19.5. The zero-order chi connectivity index (χ0) is 10.8. The van der Waals surface area contributed by atoms with Gasteiger partial charge >= 0.3 is 5.97 Å². The molecule has 2 N–H and O–H groups in total. The fourth-order valence-electron chi connectivity index (χ4n) is 1.90. The van der Waals surface area contributed by atoms with Gasteiger partial charge in [0.25, 0.3) is 0 Å². The SMILES string of the molecule is C[C@H]1C[C@H](n2cc(C(=O)O)nn2)CCN1. The van der Waals surface area contributed by atoms with Crippen molar-refractivity contribution in [3.63, 3.8) is 0 Å². The van der Waals surface area contributed by atoms with Gasteiger partial charge in [0.1, 0.15) is 0 Å². The maximum Gasteiger partial charge on any atom is 0.358 e. The molecule has 2 rings (SSSR count). The Morgan fingerprint density at radius 2 is 2.53 bits per heavy atom. The van der Waals surface area contributed by atoms with Gasteiger partial charge in [-0.2, -0.15) is 0 Å². The molecular weight excluding hydrogens is 196 g/mol. The van der Waals surface area contributed by atoms with Crippen LogP contribution in [0.4, 0.5) is 0 Å². The summed E-state index contributed by atoms with van der Waals surface area (Å²) in [6.45, 7) is 3.05. The minimum absolute atomic E-state index is 0.0150. The average Bonchev–Trinajstić information content (AvgIpc) is 2.66. The number of hydrogen-bond donors (Lipinski definition) is 2. The summed E-state index contributed by atoms with van der Waals surface area (Å²) in [6, 6.07) is 0.711. The third-order valence-electron chi connectivity index (χ3n) is 2.70. The Labute approximate surface area is 87.3 Å². The van der Waals surface area contributed by atoms with Crippen molar-refractivity contribution in [1.82, 2.24) is 20.3 Å². The van der Waals surface area contributed by atoms with E-state index in [1.54, 1.807) is 4.68 Å². The molecule has 15 heavy (non-hydrogen) atoms. The lowest BCUT2D eigenvalue weighted by Gasteiger charge is -2.27. The van der Waals surface area contributed by atoms with Crippen LogP contribution in [-0.2, 0) is 0 Å². The van der Waals surface area contributed by atoms with Crippen molar-refractivity contribution >= 4 is 5.97 Å². The van der Waals surface area contributed by atoms with E-state index in [0.29, 0.717) is 6.04 Å². The highest BCUT2D eigenvalue weighted by Crippen LogP contribution is 2.20. The van der Waals surface area contributed by atoms with Gasteiger partial charge in [0.05, 0.1) is 12.2 Å². The molecule has 2 atom stereocenters. The van der Waals surface area contributed by atoms with Crippen molar-refractivity contribution in [2.24, 2.45) is 0 Å². The van der Waals surface area contributed by atoms with Crippen molar-refractivity contribution in [3.05, 3.63) is 11.9 Å². The van der Waals surface area contributed by atoms with Crippen molar-refractivity contribution in [2.75, 3.05) is 6.54 Å². The van der Waals surface area contributed by atoms with Gasteiger partial charge in [0.15, 0.2) is 5.69 Å². The zero-order valence-electron chi connectivity index (χ0n) is 8.55. The molecule has 0 unspecified atom stereocenters. The van der Waals surface area contributed by atoms with Gasteiger partial charge in [-0.15, -0.1) is 5.10 Å². The molecule has 1 aliphatic heterocycles. The summed E-state index contributed by atoms with van der Waals surface area (Å²) in [5.74, 6) is -1.02. The molecule has 0 amide bonds. The molecule has 1 fully saturated rings. The fraction of sp³-hybridized carbons (Fsp3) is 0.667. The Balaban J connectivity index is 2.11. The van der Waals surface area contributed by atoms with Crippen LogP contribution in [-0.4, -0.2) is 38.7 Å². The van der Waals surface area contributed by atoms with Gasteiger partial charge in [0, 0.05) is 6.04 Å². The summed E-state index contributed by atoms with van der Waals surface area (Å²) in [7, 11) is 0. The van der Waals surface area contributed by atoms with Gasteiger partial charge in [-0.1, -0.05) is 5.21 Å². The minimum atomic E-state index is -1.02. The highest BCUT2D eigenvalue weighted by atomic mass is 16.4. The number of piperidine rings is 1. The molecule has 0 radical (unpaired) electrons. The number of nitrogens with one attached hydrogen (secondary N) is 1. The van der Waals surface area contributed by atoms with Crippen LogP contribution in [0.15, 0.2) is 6.20 Å². The fourth-order valence-corrected chi connectivity index (χ4v) is 1.90. The van der Waals surface area contributed by atoms with E-state index in [9.17, 15) is 4.79 Å². The summed E-state index contributed by atoms with van der Waals surface area (Å²) < 4.78 is 1.67. The van der Waals surface area contributed by atoms with Crippen LogP contribution in [0.5, 0.6) is 0 Å². The first kappa shape index (κ1) is 10.1. The van der Waals surface area contributed by atoms with Crippen LogP contribution >= 0.6 is 0 Å². The molecule has 2 heterocycles. The first-order valence-electron chi connectivity index (χ1n) is 5.05. The zero-order valence-corrected chi connectivity index (χ0v) is 8.55. The normalized spacial score (nSPS) is 26.5. The van der Waals surface area contributed by atoms with E-state index >= 15 is 0 Å². The molecule has 6 heteroatoms. The number of rotatable bonds is 2. The second-order valence-corrected chi connectivity index (χ2v) is 3.92. The van der Waals surface area contributed by atoms with E-state index in [-0.39, 0.29) is 11.7 Å². The molecule has 1 aromatic heterocycles. The van der Waals surface area contributed by atoms with Gasteiger partial charge in [0.2, 0.25) is 0 Å². The predicted octanol–water partition coefficient (Wildman–Crippen LogP) is 0.289. The Hall–Kier alpha value is -1.43. The number of carboxylic acids is 1. The van der Waals surface area contributed by atoms with E-state index < -0.39 is 5.97 Å². The summed E-state index contributed by atoms with van der Waals surface area (Å²) in [5.41, 5.74) is 0.0150. The maximum absolute atomic E-state index is 10.6. The van der Waals surface area contributed by atoms with E-state index in [1.165, 1.54) is 6.20 Å². The Morgan fingerprint density at radius 3 is 3.13 bits per heavy atom. The quantitative estimate of drug-likeness (QED) is 0.733. The molecule has 0 bridgehead atoms. The van der Waals surface area contributed by atoms with Crippen molar-refractivity contribution in [3.8, 4) is 0 Å². The van der Waals surface area contributed by atoms with E-state index in [0.717, 1.165) is 19.4 Å². The number of nitrogens with zero attached hydrogens (tertiary/aromatic N) is 3. The Morgan fingerprint density at radius 1 is 1.73 bits per heavy atom. The second-order valence-electron chi connectivity index (χ2n) is 3.92. The maximum atomic E-state index is 10.6.